The molecule has 0 bridgehead atoms. The maximum atomic E-state index is 12.5. The summed E-state index contributed by atoms with van der Waals surface area (Å²) >= 11 is 0. The first-order chi connectivity index (χ1) is 8.21. The van der Waals surface area contributed by atoms with Gasteiger partial charge in [0, 0.05) is 12.8 Å². The van der Waals surface area contributed by atoms with Crippen molar-refractivity contribution in [2.75, 3.05) is 0 Å². The van der Waals surface area contributed by atoms with E-state index in [0.717, 1.165) is 0 Å². The molecule has 1 aliphatic rings. The summed E-state index contributed by atoms with van der Waals surface area (Å²) in [6.45, 7) is 6.28. The lowest BCUT2D eigenvalue weighted by atomic mass is 10.0. The summed E-state index contributed by atoms with van der Waals surface area (Å²) in [5.41, 5.74) is 1.07. The molecule has 0 saturated heterocycles. The Morgan fingerprint density at radius 2 is 2.00 bits per heavy atom. The molecule has 1 amide bonds. The van der Waals surface area contributed by atoms with Crippen LogP contribution < -0.4 is 5.43 Å². The summed E-state index contributed by atoms with van der Waals surface area (Å²) in [6, 6.07) is 0. The molecule has 2 N–H and O–H groups in total. The van der Waals surface area contributed by atoms with E-state index in [1.54, 1.807) is 0 Å². The Morgan fingerprint density at radius 3 is 2.39 bits per heavy atom. The summed E-state index contributed by atoms with van der Waals surface area (Å²) in [4.78, 5) is 10.8. The molecule has 1 rings (SSSR count). The Kier molecular flexibility index (Phi) is 3.95. The molecule has 0 aromatic carbocycles. The third-order valence-corrected chi connectivity index (χ3v) is 2.21. The molecule has 0 aromatic rings. The molecule has 0 fully saturated rings. The quantitative estimate of drug-likeness (QED) is 0.604. The Balaban J connectivity index is 2.97. The number of carbonyl (C=O) groups excluding carboxylic acids is 1. The lowest BCUT2D eigenvalue weighted by Crippen LogP contribution is -2.26. The van der Waals surface area contributed by atoms with E-state index >= 15 is 0 Å². The van der Waals surface area contributed by atoms with Crippen LogP contribution in [0.2, 0.25) is 0 Å². The average molecular weight is 260 g/mol. The zero-order valence-electron chi connectivity index (χ0n) is 9.34. The smallest absolute Gasteiger partial charge is 0.419 e. The zero-order valence-corrected chi connectivity index (χ0v) is 9.34. The fraction of sp³-hybridized carbons (Fsp3) is 0.273. The minimum atomic E-state index is -4.73. The second-order valence-electron chi connectivity index (χ2n) is 3.62. The number of allylic oxidation sites excluding steroid dienone is 3. The molecule has 98 valence electrons. The van der Waals surface area contributed by atoms with Crippen LogP contribution in [0.1, 0.15) is 12.8 Å². The number of aliphatic hydroxyl groups excluding tert-OH is 1. The van der Waals surface area contributed by atoms with E-state index in [0.29, 0.717) is 6.08 Å². The molecule has 18 heavy (non-hydrogen) atoms. The summed E-state index contributed by atoms with van der Waals surface area (Å²) in [6.07, 6.45) is -3.75. The Labute approximate surface area is 101 Å². The highest BCUT2D eigenvalue weighted by molar-refractivity contribution is 6.05. The number of rotatable bonds is 3. The summed E-state index contributed by atoms with van der Waals surface area (Å²) in [5, 5.41) is 12.5. The molecular weight excluding hydrogens is 249 g/mol. The van der Waals surface area contributed by atoms with Gasteiger partial charge in [0.05, 0.1) is 11.3 Å². The SMILES string of the molecule is C=C(/C=C(\C(=C)O)C(F)(F)F)C1=NNC(=O)CC1. The first kappa shape index (κ1) is 14.0. The number of alkyl halides is 3. The summed E-state index contributed by atoms with van der Waals surface area (Å²) < 4.78 is 37.6. The van der Waals surface area contributed by atoms with Crippen molar-refractivity contribution in [3.05, 3.63) is 36.1 Å². The Hall–Kier alpha value is -2.05. The van der Waals surface area contributed by atoms with E-state index in [-0.39, 0.29) is 30.0 Å². The predicted octanol–water partition coefficient (Wildman–Crippen LogP) is 2.37. The highest BCUT2D eigenvalue weighted by atomic mass is 19.4. The molecule has 0 spiro atoms. The van der Waals surface area contributed by atoms with Gasteiger partial charge in [0.15, 0.2) is 0 Å². The van der Waals surface area contributed by atoms with E-state index in [2.05, 4.69) is 23.7 Å². The molecule has 0 atom stereocenters. The van der Waals surface area contributed by atoms with Crippen molar-refractivity contribution in [1.82, 2.24) is 5.43 Å². The molecule has 0 unspecified atom stereocenters. The summed E-state index contributed by atoms with van der Waals surface area (Å²) in [7, 11) is 0. The molecule has 7 heteroatoms. The monoisotopic (exact) mass is 260 g/mol. The number of hydrogen-bond donors (Lipinski definition) is 2. The lowest BCUT2D eigenvalue weighted by Gasteiger charge is -2.14. The van der Waals surface area contributed by atoms with Crippen LogP contribution >= 0.6 is 0 Å². The maximum absolute atomic E-state index is 12.5. The number of hydrazone groups is 1. The number of nitrogens with one attached hydrogen (secondary N) is 1. The van der Waals surface area contributed by atoms with Crippen LogP contribution in [0.3, 0.4) is 0 Å². The number of carbonyl (C=O) groups is 1. The largest absolute Gasteiger partial charge is 0.508 e. The van der Waals surface area contributed by atoms with Crippen LogP contribution in [0.25, 0.3) is 0 Å². The number of nitrogens with zero attached hydrogens (tertiary/aromatic N) is 1. The third-order valence-electron chi connectivity index (χ3n) is 2.21. The van der Waals surface area contributed by atoms with Crippen LogP contribution in [0.4, 0.5) is 13.2 Å². The van der Waals surface area contributed by atoms with E-state index < -0.39 is 17.5 Å². The van der Waals surface area contributed by atoms with Gasteiger partial charge in [-0.1, -0.05) is 13.2 Å². The Morgan fingerprint density at radius 1 is 1.39 bits per heavy atom. The number of amides is 1. The molecule has 1 heterocycles. The van der Waals surface area contributed by atoms with Crippen molar-refractivity contribution in [2.45, 2.75) is 19.0 Å². The zero-order chi connectivity index (χ0) is 13.9. The van der Waals surface area contributed by atoms with Crippen LogP contribution in [0.5, 0.6) is 0 Å². The fourth-order valence-corrected chi connectivity index (χ4v) is 1.29. The van der Waals surface area contributed by atoms with E-state index in [9.17, 15) is 18.0 Å². The molecule has 0 saturated carbocycles. The normalized spacial score (nSPS) is 16.9. The molecule has 1 aliphatic heterocycles. The van der Waals surface area contributed by atoms with Gasteiger partial charge in [0.25, 0.3) is 0 Å². The maximum Gasteiger partial charge on any atom is 0.419 e. The van der Waals surface area contributed by atoms with Gasteiger partial charge >= 0.3 is 6.18 Å². The minimum absolute atomic E-state index is 0.0301. The first-order valence-corrected chi connectivity index (χ1v) is 4.93. The second-order valence-corrected chi connectivity index (χ2v) is 3.62. The Bertz CT molecular complexity index is 461. The molecule has 0 aromatic heterocycles. The van der Waals surface area contributed by atoms with Crippen molar-refractivity contribution in [2.24, 2.45) is 5.10 Å². The number of aliphatic hydroxyl groups is 1. The summed E-state index contributed by atoms with van der Waals surface area (Å²) in [5.74, 6) is -1.40. The van der Waals surface area contributed by atoms with Gasteiger partial charge in [-0.05, 0) is 11.6 Å². The molecule has 0 radical (unpaired) electrons. The standard InChI is InChI=1S/C11H11F3N2O2/c1-6(9-3-4-10(18)16-15-9)5-8(7(2)17)11(12,13)14/h5,17H,1-4H2,(H,16,18)/b8-5+. The van der Waals surface area contributed by atoms with E-state index in [1.807, 2.05) is 0 Å². The fourth-order valence-electron chi connectivity index (χ4n) is 1.29. The van der Waals surface area contributed by atoms with Gasteiger partial charge in [-0.3, -0.25) is 4.79 Å². The topological polar surface area (TPSA) is 61.7 Å². The highest BCUT2D eigenvalue weighted by Crippen LogP contribution is 2.30. The van der Waals surface area contributed by atoms with Crippen molar-refractivity contribution >= 4 is 11.6 Å². The first-order valence-electron chi connectivity index (χ1n) is 4.93. The molecule has 4 nitrogen and oxygen atoms in total. The predicted molar refractivity (Wildman–Crippen MR) is 59.9 cm³/mol. The van der Waals surface area contributed by atoms with Crippen molar-refractivity contribution in [3.8, 4) is 0 Å². The molecule has 0 aliphatic carbocycles. The van der Waals surface area contributed by atoms with E-state index in [1.165, 1.54) is 0 Å². The van der Waals surface area contributed by atoms with Crippen molar-refractivity contribution in [3.63, 3.8) is 0 Å². The van der Waals surface area contributed by atoms with Crippen molar-refractivity contribution < 1.29 is 23.1 Å². The third kappa shape index (κ3) is 3.47. The van der Waals surface area contributed by atoms with Gasteiger partial charge < -0.3 is 5.11 Å². The van der Waals surface area contributed by atoms with Gasteiger partial charge in [-0.25, -0.2) is 5.43 Å². The highest BCUT2D eigenvalue weighted by Gasteiger charge is 2.36. The minimum Gasteiger partial charge on any atom is -0.508 e. The van der Waals surface area contributed by atoms with Crippen LogP contribution in [0, 0.1) is 0 Å². The number of halogens is 3. The van der Waals surface area contributed by atoms with E-state index in [4.69, 9.17) is 5.11 Å². The van der Waals surface area contributed by atoms with Crippen molar-refractivity contribution in [1.29, 1.82) is 0 Å². The van der Waals surface area contributed by atoms with Gasteiger partial charge in [-0.2, -0.15) is 18.3 Å². The average Bonchev–Trinajstić information content (AvgIpc) is 2.24. The lowest BCUT2D eigenvalue weighted by molar-refractivity contribution is -0.121. The number of hydrogen-bond acceptors (Lipinski definition) is 3. The van der Waals surface area contributed by atoms with Crippen LogP contribution in [-0.2, 0) is 4.79 Å². The van der Waals surface area contributed by atoms with Gasteiger partial charge in [-0.15, -0.1) is 0 Å². The van der Waals surface area contributed by atoms with Crippen LogP contribution in [0.15, 0.2) is 41.2 Å². The molecular formula is C11H11F3N2O2. The second kappa shape index (κ2) is 5.07. The van der Waals surface area contributed by atoms with Gasteiger partial charge in [0.2, 0.25) is 5.91 Å². The van der Waals surface area contributed by atoms with Gasteiger partial charge in [0.1, 0.15) is 5.76 Å². The van der Waals surface area contributed by atoms with Crippen LogP contribution in [-0.4, -0.2) is 22.9 Å².